The molecule has 3 aromatic heterocycles. The van der Waals surface area contributed by atoms with Crippen molar-refractivity contribution in [3.05, 3.63) is 59.4 Å². The standard InChI is InChI=1S/C18H19N7O2/c1-2-16-23-15(24-27-16)9-20-17-13-5-7-25(10-14(13)21-11-22-17)18(26)12-4-3-6-19-8-12/h3-4,6,8,11H,2,5,7,9-10H2,1H3,(H,20,21,22). The Labute approximate surface area is 155 Å². The van der Waals surface area contributed by atoms with Gasteiger partial charge >= 0.3 is 0 Å². The molecule has 0 spiro atoms. The minimum absolute atomic E-state index is 0.0410. The summed E-state index contributed by atoms with van der Waals surface area (Å²) in [5, 5.41) is 7.18. The van der Waals surface area contributed by atoms with Crippen LogP contribution in [0.5, 0.6) is 0 Å². The molecule has 138 valence electrons. The van der Waals surface area contributed by atoms with Gasteiger partial charge in [-0.25, -0.2) is 9.97 Å². The second kappa shape index (κ2) is 7.48. The molecule has 4 heterocycles. The van der Waals surface area contributed by atoms with E-state index < -0.39 is 0 Å². The summed E-state index contributed by atoms with van der Waals surface area (Å²) in [7, 11) is 0. The molecule has 0 unspecified atom stereocenters. The summed E-state index contributed by atoms with van der Waals surface area (Å²) in [6.45, 7) is 3.43. The molecule has 27 heavy (non-hydrogen) atoms. The quantitative estimate of drug-likeness (QED) is 0.726. The van der Waals surface area contributed by atoms with Gasteiger partial charge in [0.1, 0.15) is 12.1 Å². The van der Waals surface area contributed by atoms with Crippen molar-refractivity contribution in [3.63, 3.8) is 0 Å². The Hall–Kier alpha value is -3.36. The van der Waals surface area contributed by atoms with E-state index in [1.165, 1.54) is 6.33 Å². The molecule has 9 nitrogen and oxygen atoms in total. The number of carbonyl (C=O) groups excluding carboxylic acids is 1. The first-order valence-electron chi connectivity index (χ1n) is 8.82. The molecule has 1 amide bonds. The molecule has 9 heteroatoms. The Morgan fingerprint density at radius 1 is 1.37 bits per heavy atom. The zero-order valence-electron chi connectivity index (χ0n) is 14.9. The van der Waals surface area contributed by atoms with Gasteiger partial charge in [-0.2, -0.15) is 4.98 Å². The molecule has 0 radical (unpaired) electrons. The summed E-state index contributed by atoms with van der Waals surface area (Å²) in [4.78, 5) is 31.4. The van der Waals surface area contributed by atoms with Gasteiger partial charge < -0.3 is 14.7 Å². The van der Waals surface area contributed by atoms with Crippen LogP contribution in [0.3, 0.4) is 0 Å². The Morgan fingerprint density at radius 2 is 2.30 bits per heavy atom. The second-order valence-electron chi connectivity index (χ2n) is 6.18. The van der Waals surface area contributed by atoms with E-state index in [0.29, 0.717) is 49.8 Å². The third-order valence-corrected chi connectivity index (χ3v) is 4.43. The molecule has 0 aliphatic carbocycles. The van der Waals surface area contributed by atoms with Gasteiger partial charge in [-0.15, -0.1) is 0 Å². The minimum atomic E-state index is -0.0410. The lowest BCUT2D eigenvalue weighted by Gasteiger charge is -2.29. The van der Waals surface area contributed by atoms with Crippen LogP contribution in [0.15, 0.2) is 35.4 Å². The molecule has 1 N–H and O–H groups in total. The number of aryl methyl sites for hydroxylation is 1. The van der Waals surface area contributed by atoms with Crippen LogP contribution in [0.2, 0.25) is 0 Å². The fourth-order valence-electron chi connectivity index (χ4n) is 3.02. The van der Waals surface area contributed by atoms with Gasteiger partial charge in [0.25, 0.3) is 5.91 Å². The molecule has 3 aromatic rings. The summed E-state index contributed by atoms with van der Waals surface area (Å²) >= 11 is 0. The molecule has 0 atom stereocenters. The van der Waals surface area contributed by atoms with Gasteiger partial charge in [0.15, 0.2) is 5.82 Å². The number of fused-ring (bicyclic) bond motifs is 1. The third kappa shape index (κ3) is 3.62. The number of anilines is 1. The summed E-state index contributed by atoms with van der Waals surface area (Å²) in [5.41, 5.74) is 2.45. The molecule has 0 saturated heterocycles. The van der Waals surface area contributed by atoms with Gasteiger partial charge in [0, 0.05) is 30.9 Å². The van der Waals surface area contributed by atoms with E-state index in [-0.39, 0.29) is 5.91 Å². The monoisotopic (exact) mass is 365 g/mol. The maximum atomic E-state index is 12.6. The number of hydrogen-bond acceptors (Lipinski definition) is 8. The largest absolute Gasteiger partial charge is 0.362 e. The Morgan fingerprint density at radius 3 is 3.07 bits per heavy atom. The van der Waals surface area contributed by atoms with E-state index in [2.05, 4.69) is 30.4 Å². The van der Waals surface area contributed by atoms with Crippen molar-refractivity contribution in [2.75, 3.05) is 11.9 Å². The Bertz CT molecular complexity index is 942. The molecular weight excluding hydrogens is 346 g/mol. The lowest BCUT2D eigenvalue weighted by molar-refractivity contribution is 0.0731. The van der Waals surface area contributed by atoms with E-state index in [9.17, 15) is 4.79 Å². The minimum Gasteiger partial charge on any atom is -0.362 e. The molecule has 0 bridgehead atoms. The van der Waals surface area contributed by atoms with Crippen LogP contribution in [-0.4, -0.2) is 42.4 Å². The molecule has 0 saturated carbocycles. The Kier molecular flexibility index (Phi) is 4.73. The fourth-order valence-corrected chi connectivity index (χ4v) is 3.02. The highest BCUT2D eigenvalue weighted by Gasteiger charge is 2.25. The van der Waals surface area contributed by atoms with Crippen LogP contribution in [-0.2, 0) is 25.9 Å². The van der Waals surface area contributed by atoms with Gasteiger partial charge in [-0.1, -0.05) is 12.1 Å². The molecule has 1 aliphatic rings. The number of amides is 1. The topological polar surface area (TPSA) is 110 Å². The number of nitrogens with one attached hydrogen (secondary N) is 1. The van der Waals surface area contributed by atoms with Crippen molar-refractivity contribution < 1.29 is 9.32 Å². The van der Waals surface area contributed by atoms with Crippen molar-refractivity contribution in [1.29, 1.82) is 0 Å². The highest BCUT2D eigenvalue weighted by molar-refractivity contribution is 5.94. The maximum absolute atomic E-state index is 12.6. The van der Waals surface area contributed by atoms with Crippen molar-refractivity contribution in [2.24, 2.45) is 0 Å². The van der Waals surface area contributed by atoms with E-state index in [1.54, 1.807) is 29.4 Å². The predicted molar refractivity (Wildman–Crippen MR) is 95.7 cm³/mol. The number of rotatable bonds is 5. The molecule has 4 rings (SSSR count). The average Bonchev–Trinajstić information content (AvgIpc) is 3.20. The zero-order chi connectivity index (χ0) is 18.6. The number of hydrogen-bond donors (Lipinski definition) is 1. The van der Waals surface area contributed by atoms with Gasteiger partial charge in [-0.3, -0.25) is 9.78 Å². The SMILES string of the molecule is CCc1nc(CNc2ncnc3c2CCN(C(=O)c2cccnc2)C3)no1. The van der Waals surface area contributed by atoms with Gasteiger partial charge in [0.05, 0.1) is 24.3 Å². The Balaban J connectivity index is 1.47. The summed E-state index contributed by atoms with van der Waals surface area (Å²) in [6, 6.07) is 3.53. The van der Waals surface area contributed by atoms with Gasteiger partial charge in [0.2, 0.25) is 5.89 Å². The molecular formula is C18H19N7O2. The van der Waals surface area contributed by atoms with Crippen LogP contribution in [0.1, 0.15) is 40.3 Å². The van der Waals surface area contributed by atoms with E-state index in [0.717, 1.165) is 17.1 Å². The van der Waals surface area contributed by atoms with Crippen LogP contribution in [0, 0.1) is 0 Å². The lowest BCUT2D eigenvalue weighted by atomic mass is 10.0. The summed E-state index contributed by atoms with van der Waals surface area (Å²) in [5.74, 6) is 1.90. The molecule has 0 aromatic carbocycles. The number of pyridine rings is 1. The highest BCUT2D eigenvalue weighted by atomic mass is 16.5. The van der Waals surface area contributed by atoms with Crippen molar-refractivity contribution in [3.8, 4) is 0 Å². The fraction of sp³-hybridized carbons (Fsp3) is 0.333. The van der Waals surface area contributed by atoms with Gasteiger partial charge in [-0.05, 0) is 18.6 Å². The van der Waals surface area contributed by atoms with Crippen molar-refractivity contribution >= 4 is 11.7 Å². The summed E-state index contributed by atoms with van der Waals surface area (Å²) in [6.07, 6.45) is 6.13. The first-order chi connectivity index (χ1) is 13.2. The van der Waals surface area contributed by atoms with E-state index in [4.69, 9.17) is 4.52 Å². The zero-order valence-corrected chi connectivity index (χ0v) is 14.9. The van der Waals surface area contributed by atoms with Crippen LogP contribution in [0.4, 0.5) is 5.82 Å². The number of nitrogens with zero attached hydrogens (tertiary/aromatic N) is 6. The number of carbonyl (C=O) groups is 1. The predicted octanol–water partition coefficient (Wildman–Crippen LogP) is 1.63. The third-order valence-electron chi connectivity index (χ3n) is 4.43. The van der Waals surface area contributed by atoms with Crippen LogP contribution < -0.4 is 5.32 Å². The first-order valence-corrected chi connectivity index (χ1v) is 8.82. The molecule has 0 fully saturated rings. The smallest absolute Gasteiger partial charge is 0.255 e. The van der Waals surface area contributed by atoms with Crippen molar-refractivity contribution in [1.82, 2.24) is 30.0 Å². The van der Waals surface area contributed by atoms with Crippen molar-refractivity contribution in [2.45, 2.75) is 32.9 Å². The number of aromatic nitrogens is 5. The van der Waals surface area contributed by atoms with E-state index in [1.807, 2.05) is 6.92 Å². The lowest BCUT2D eigenvalue weighted by Crippen LogP contribution is -2.37. The first kappa shape index (κ1) is 17.1. The molecule has 1 aliphatic heterocycles. The van der Waals surface area contributed by atoms with Crippen LogP contribution >= 0.6 is 0 Å². The van der Waals surface area contributed by atoms with E-state index >= 15 is 0 Å². The second-order valence-corrected chi connectivity index (χ2v) is 6.18. The summed E-state index contributed by atoms with van der Waals surface area (Å²) < 4.78 is 5.11. The normalized spacial score (nSPS) is 13.3. The highest BCUT2D eigenvalue weighted by Crippen LogP contribution is 2.24. The maximum Gasteiger partial charge on any atom is 0.255 e. The van der Waals surface area contributed by atoms with Crippen LogP contribution in [0.25, 0.3) is 0 Å². The average molecular weight is 365 g/mol.